The molecule has 1 nitrogen and oxygen atoms in total. The summed E-state index contributed by atoms with van der Waals surface area (Å²) >= 11 is -0.804. The number of rotatable bonds is 1. The molecular weight excluding hydrogens is 163 g/mol. The Morgan fingerprint density at radius 1 is 1.12 bits per heavy atom. The summed E-state index contributed by atoms with van der Waals surface area (Å²) < 4.78 is 9.75. The van der Waals surface area contributed by atoms with Crippen molar-refractivity contribution in [3.8, 4) is 0 Å². The van der Waals surface area contributed by atoms with Crippen LogP contribution in [0.1, 0.15) is 0 Å². The minimum absolute atomic E-state index is 0.804. The molecule has 2 heteroatoms. The summed E-state index contributed by atoms with van der Waals surface area (Å²) in [6.07, 6.45) is 0. The first kappa shape index (κ1) is 5.87. The summed E-state index contributed by atoms with van der Waals surface area (Å²) in [5.41, 5.74) is 0. The molecule has 0 fully saturated rings. The molecule has 0 saturated heterocycles. The van der Waals surface area contributed by atoms with Gasteiger partial charge in [0.15, 0.2) is 0 Å². The molecule has 0 aliphatic rings. The van der Waals surface area contributed by atoms with Gasteiger partial charge in [-0.2, -0.15) is 0 Å². The van der Waals surface area contributed by atoms with E-state index in [9.17, 15) is 0 Å². The van der Waals surface area contributed by atoms with Crippen molar-refractivity contribution in [1.29, 1.82) is 0 Å². The van der Waals surface area contributed by atoms with Gasteiger partial charge >= 0.3 is 54.9 Å². The van der Waals surface area contributed by atoms with Crippen LogP contribution in [0.4, 0.5) is 0 Å². The van der Waals surface area contributed by atoms with Crippen molar-refractivity contribution < 1.29 is 4.10 Å². The Balaban J connectivity index is 2.83. The van der Waals surface area contributed by atoms with Crippen LogP contribution < -0.4 is 4.35 Å². The van der Waals surface area contributed by atoms with Crippen molar-refractivity contribution in [1.82, 2.24) is 0 Å². The van der Waals surface area contributed by atoms with E-state index in [0.717, 1.165) is 4.35 Å². The van der Waals surface area contributed by atoms with E-state index in [-0.39, 0.29) is 0 Å². The average Bonchev–Trinajstić information content (AvgIpc) is 1.90. The van der Waals surface area contributed by atoms with E-state index in [4.69, 9.17) is 4.10 Å². The standard InChI is InChI=1S/C6H7AsO/c8-7-6-4-2-1-3-5-6/h1-5,7-8H. The fourth-order valence-corrected chi connectivity index (χ4v) is 1.23. The van der Waals surface area contributed by atoms with E-state index >= 15 is 0 Å². The first-order valence-corrected chi connectivity index (χ1v) is 4.37. The minimum atomic E-state index is -0.804. The zero-order valence-corrected chi connectivity index (χ0v) is 6.43. The van der Waals surface area contributed by atoms with Crippen molar-refractivity contribution in [3.05, 3.63) is 30.3 Å². The van der Waals surface area contributed by atoms with E-state index in [1.54, 1.807) is 0 Å². The third-order valence-corrected chi connectivity index (χ3v) is 2.14. The predicted octanol–water partition coefficient (Wildman–Crippen LogP) is -0.344. The van der Waals surface area contributed by atoms with Crippen LogP contribution >= 0.6 is 0 Å². The molecule has 0 amide bonds. The summed E-state index contributed by atoms with van der Waals surface area (Å²) in [6.45, 7) is 0. The molecule has 8 heavy (non-hydrogen) atoms. The summed E-state index contributed by atoms with van der Waals surface area (Å²) in [7, 11) is 0. The molecule has 1 atom stereocenters. The van der Waals surface area contributed by atoms with E-state index in [1.165, 1.54) is 0 Å². The summed E-state index contributed by atoms with van der Waals surface area (Å²) in [5, 5.41) is 0. The molecule has 1 aromatic rings. The van der Waals surface area contributed by atoms with E-state index in [1.807, 2.05) is 30.3 Å². The predicted molar refractivity (Wildman–Crippen MR) is 35.4 cm³/mol. The van der Waals surface area contributed by atoms with Gasteiger partial charge < -0.3 is 0 Å². The molecule has 0 spiro atoms. The van der Waals surface area contributed by atoms with Gasteiger partial charge in [-0.3, -0.25) is 0 Å². The summed E-state index contributed by atoms with van der Waals surface area (Å²) in [5.74, 6) is 0. The van der Waals surface area contributed by atoms with Crippen LogP contribution in [0.2, 0.25) is 0 Å². The fraction of sp³-hybridized carbons (Fsp3) is 0. The monoisotopic (exact) mass is 170 g/mol. The summed E-state index contributed by atoms with van der Waals surface area (Å²) in [4.78, 5) is 0. The van der Waals surface area contributed by atoms with E-state index < -0.39 is 16.1 Å². The Morgan fingerprint density at radius 2 is 1.75 bits per heavy atom. The molecule has 0 aliphatic carbocycles. The summed E-state index contributed by atoms with van der Waals surface area (Å²) in [6, 6.07) is 9.72. The molecule has 1 rings (SSSR count). The molecule has 0 heterocycles. The van der Waals surface area contributed by atoms with Crippen LogP contribution in [0.5, 0.6) is 0 Å². The van der Waals surface area contributed by atoms with Gasteiger partial charge in [-0.1, -0.05) is 0 Å². The van der Waals surface area contributed by atoms with E-state index in [0.29, 0.717) is 0 Å². The van der Waals surface area contributed by atoms with Gasteiger partial charge in [0.05, 0.1) is 0 Å². The molecule has 1 aromatic carbocycles. The first-order valence-electron chi connectivity index (χ1n) is 2.38. The molecule has 1 unspecified atom stereocenters. The normalized spacial score (nSPS) is 10.6. The SMILES string of the molecule is O[AsH]c1ccccc1. The molecule has 42 valence electrons. The van der Waals surface area contributed by atoms with Gasteiger partial charge in [0.2, 0.25) is 0 Å². The van der Waals surface area contributed by atoms with Crippen molar-refractivity contribution >= 4 is 20.4 Å². The van der Waals surface area contributed by atoms with Gasteiger partial charge in [-0.15, -0.1) is 0 Å². The Bertz CT molecular complexity index is 150. The van der Waals surface area contributed by atoms with Crippen LogP contribution in [0.25, 0.3) is 0 Å². The Hall–Kier alpha value is -0.262. The van der Waals surface area contributed by atoms with Crippen LogP contribution in [-0.4, -0.2) is 20.2 Å². The van der Waals surface area contributed by atoms with E-state index in [2.05, 4.69) is 0 Å². The third-order valence-electron chi connectivity index (χ3n) is 0.903. The second-order valence-corrected chi connectivity index (χ2v) is 3.16. The topological polar surface area (TPSA) is 20.2 Å². The molecule has 0 radical (unpaired) electrons. The van der Waals surface area contributed by atoms with Crippen molar-refractivity contribution in [2.75, 3.05) is 0 Å². The second-order valence-electron chi connectivity index (χ2n) is 1.48. The third kappa shape index (κ3) is 1.36. The van der Waals surface area contributed by atoms with Gasteiger partial charge in [0.25, 0.3) is 0 Å². The second kappa shape index (κ2) is 2.91. The molecule has 0 bridgehead atoms. The zero-order valence-electron chi connectivity index (χ0n) is 4.33. The number of benzene rings is 1. The van der Waals surface area contributed by atoms with Crippen molar-refractivity contribution in [2.45, 2.75) is 0 Å². The van der Waals surface area contributed by atoms with Crippen molar-refractivity contribution in [3.63, 3.8) is 0 Å². The number of hydrogen-bond donors (Lipinski definition) is 1. The molecule has 0 aromatic heterocycles. The van der Waals surface area contributed by atoms with Gasteiger partial charge in [-0.05, 0) is 0 Å². The Labute approximate surface area is 55.4 Å². The molecule has 0 aliphatic heterocycles. The van der Waals surface area contributed by atoms with Crippen LogP contribution in [0.3, 0.4) is 0 Å². The maximum atomic E-state index is 8.66. The molecule has 1 N–H and O–H groups in total. The number of hydrogen-bond acceptors (Lipinski definition) is 1. The van der Waals surface area contributed by atoms with Gasteiger partial charge in [-0.25, -0.2) is 0 Å². The Kier molecular flexibility index (Phi) is 2.13. The van der Waals surface area contributed by atoms with Gasteiger partial charge in [0.1, 0.15) is 0 Å². The van der Waals surface area contributed by atoms with Crippen LogP contribution in [0, 0.1) is 0 Å². The molecular formula is C6H7AsO. The fourth-order valence-electron chi connectivity index (χ4n) is 0.513. The van der Waals surface area contributed by atoms with Crippen LogP contribution in [-0.2, 0) is 0 Å². The Morgan fingerprint density at radius 3 is 2.12 bits per heavy atom. The van der Waals surface area contributed by atoms with Crippen molar-refractivity contribution in [2.24, 2.45) is 0 Å². The quantitative estimate of drug-likeness (QED) is 0.571. The van der Waals surface area contributed by atoms with Gasteiger partial charge in [0, 0.05) is 0 Å². The first-order chi connectivity index (χ1) is 3.93. The molecule has 0 saturated carbocycles. The maximum absolute atomic E-state index is 8.66. The zero-order chi connectivity index (χ0) is 5.82. The average molecular weight is 170 g/mol. The van der Waals surface area contributed by atoms with Crippen LogP contribution in [0.15, 0.2) is 30.3 Å².